The van der Waals surface area contributed by atoms with Gasteiger partial charge in [0.15, 0.2) is 18.0 Å². The Morgan fingerprint density at radius 1 is 0.985 bits per heavy atom. The maximum Gasteiger partial charge on any atom is 0.264 e. The molecule has 6 N–H and O–H groups in total. The molecule has 65 heavy (non-hydrogen) atoms. The van der Waals surface area contributed by atoms with Crippen LogP contribution in [0.1, 0.15) is 69.7 Å². The van der Waals surface area contributed by atoms with Crippen molar-refractivity contribution < 1.29 is 49.3 Å². The minimum atomic E-state index is -2.55. The highest BCUT2D eigenvalue weighted by Crippen LogP contribution is 2.60. The summed E-state index contributed by atoms with van der Waals surface area (Å²) in [6.45, 7) is 13.5. The predicted molar refractivity (Wildman–Crippen MR) is 248 cm³/mol. The maximum atomic E-state index is 15.5. The molecule has 0 radical (unpaired) electrons. The summed E-state index contributed by atoms with van der Waals surface area (Å²) in [5.74, 6) is -1.06. The van der Waals surface area contributed by atoms with Crippen LogP contribution in [0.5, 0.6) is 5.75 Å². The van der Waals surface area contributed by atoms with Gasteiger partial charge in [0.05, 0.1) is 45.2 Å². The minimum Gasteiger partial charge on any atom is -0.497 e. The Bertz CT molecular complexity index is 2370. The molecule has 0 saturated carbocycles. The molecule has 3 aromatic carbocycles. The van der Waals surface area contributed by atoms with Gasteiger partial charge in [0, 0.05) is 36.5 Å². The van der Waals surface area contributed by atoms with Gasteiger partial charge in [-0.2, -0.15) is 0 Å². The van der Waals surface area contributed by atoms with E-state index in [1.54, 1.807) is 34.9 Å². The normalized spacial score (nSPS) is 27.2. The molecule has 16 heteroatoms. The van der Waals surface area contributed by atoms with Gasteiger partial charge in [-0.05, 0) is 81.5 Å². The number of aryl methyl sites for hydroxylation is 1. The van der Waals surface area contributed by atoms with E-state index in [-0.39, 0.29) is 35.6 Å². The molecule has 2 amide bonds. The van der Waals surface area contributed by atoms with Crippen LogP contribution in [0.4, 0.5) is 11.4 Å². The van der Waals surface area contributed by atoms with Gasteiger partial charge in [0.1, 0.15) is 24.1 Å². The molecule has 3 aliphatic heterocycles. The molecule has 3 aliphatic rings. The Hall–Kier alpha value is -5.04. The van der Waals surface area contributed by atoms with Crippen molar-refractivity contribution in [3.8, 4) is 5.75 Å². The number of rotatable bonds is 16. The van der Waals surface area contributed by atoms with Crippen molar-refractivity contribution in [1.82, 2.24) is 15.0 Å². The maximum absolute atomic E-state index is 15.5. The summed E-state index contributed by atoms with van der Waals surface area (Å²) in [6.07, 6.45) is -1.19. The Kier molecular flexibility index (Phi) is 14.6. The van der Waals surface area contributed by atoms with E-state index in [9.17, 15) is 30.3 Å². The van der Waals surface area contributed by atoms with Crippen LogP contribution in [-0.4, -0.2) is 117 Å². The lowest BCUT2D eigenvalue weighted by Gasteiger charge is -2.37. The van der Waals surface area contributed by atoms with Gasteiger partial charge in [-0.3, -0.25) is 14.3 Å². The number of carbonyl (C=O) groups excluding carboxylic acids is 2. The van der Waals surface area contributed by atoms with Gasteiger partial charge >= 0.3 is 0 Å². The number of carbonyl (C=O) groups is 2. The van der Waals surface area contributed by atoms with Crippen LogP contribution in [0.15, 0.2) is 102 Å². The molecule has 2 fully saturated rings. The van der Waals surface area contributed by atoms with E-state index in [1.807, 2.05) is 48.7 Å². The van der Waals surface area contributed by atoms with E-state index in [4.69, 9.17) is 14.2 Å². The fraction of sp³-hybridized carbons (Fsp3) is 0.469. The molecule has 0 aliphatic carbocycles. The number of nitrogens with one attached hydrogen (secondary N) is 1. The van der Waals surface area contributed by atoms with Gasteiger partial charge < -0.3 is 50.0 Å². The molecule has 15 nitrogen and oxygen atoms in total. The zero-order chi connectivity index (χ0) is 46.8. The molecular weight excluding hydrogens is 847 g/mol. The van der Waals surface area contributed by atoms with Crippen LogP contribution in [-0.2, 0) is 31.2 Å². The van der Waals surface area contributed by atoms with Crippen LogP contribution in [0.25, 0.3) is 0 Å². The lowest BCUT2D eigenvalue weighted by Crippen LogP contribution is -2.60. The summed E-state index contributed by atoms with van der Waals surface area (Å²) < 4.78 is 19.9. The molecule has 1 aromatic heterocycles. The second-order valence-electron chi connectivity index (χ2n) is 18.4. The molecule has 7 rings (SSSR count). The van der Waals surface area contributed by atoms with Crippen LogP contribution >= 0.6 is 0 Å². The Labute approximate surface area is 381 Å². The third-order valence-corrected chi connectivity index (χ3v) is 18.0. The molecule has 348 valence electrons. The molecule has 2 saturated heterocycles. The standard InChI is InChI=1S/C49H63N5O10Si/c1-29(2)12-11-13-30(3)22-25-54-39-21-16-33(50-46(59)44-42(57)41(56)43(58)47(60)63-44)26-37(39)49(48(54)61)31(4)45(65(6,7)35-19-17-34(62-5)18-20-35)40(64-49)23-24-53-27-38(51-52-53)36(28-55)32-14-9-8-10-15-32/h8-10,12,14-22,26-27,31,36,40-45,47,55-58,60H,11,13,23-25,28H2,1-7H3,(H,50,59)/b30-22+/t31-,36?,40+,41-,42-,43+,44-,45-,47+,49+/m0/s1. The van der Waals surface area contributed by atoms with Crippen molar-refractivity contribution in [1.29, 1.82) is 0 Å². The monoisotopic (exact) mass is 909 g/mol. The number of hydrogen-bond donors (Lipinski definition) is 6. The minimum absolute atomic E-state index is 0.120. The molecule has 1 spiro atoms. The number of ether oxygens (including phenoxy) is 3. The number of hydrogen-bond acceptors (Lipinski definition) is 12. The SMILES string of the molecule is COc1ccc([Si](C)(C)[C@@H]2[C@@H](CCn3cc(C(CO)c4ccccc4)nn3)O[C@]3(C(=O)N(C/C=C(\C)CCC=C(C)C)c4ccc(NC(=O)[C@H]5O[C@@H](O)[C@H](O)[C@@H](O)[C@@H]5O)cc43)[C@H]2C)cc1. The first kappa shape index (κ1) is 47.9. The highest BCUT2D eigenvalue weighted by Gasteiger charge is 2.66. The molecule has 0 bridgehead atoms. The van der Waals surface area contributed by atoms with E-state index in [0.717, 1.165) is 34.9 Å². The number of aliphatic hydroxyl groups is 5. The average Bonchev–Trinajstić information content (AvgIpc) is 3.95. The van der Waals surface area contributed by atoms with Gasteiger partial charge in [-0.15, -0.1) is 5.10 Å². The highest BCUT2D eigenvalue weighted by molar-refractivity contribution is 6.91. The van der Waals surface area contributed by atoms with Crippen molar-refractivity contribution in [2.75, 3.05) is 30.5 Å². The number of methoxy groups -OCH3 is 1. The number of allylic oxidation sites excluding steroid dienone is 3. The van der Waals surface area contributed by atoms with Gasteiger partial charge in [0.25, 0.3) is 11.8 Å². The fourth-order valence-electron chi connectivity index (χ4n) is 9.97. The van der Waals surface area contributed by atoms with Crippen molar-refractivity contribution in [3.05, 3.63) is 119 Å². The summed E-state index contributed by atoms with van der Waals surface area (Å²) in [4.78, 5) is 30.9. The Morgan fingerprint density at radius 3 is 2.38 bits per heavy atom. The summed E-state index contributed by atoms with van der Waals surface area (Å²) in [5.41, 5.74) is 3.83. The van der Waals surface area contributed by atoms with Gasteiger partial charge in [-0.1, -0.05) is 96.2 Å². The number of fused-ring (bicyclic) bond motifs is 2. The van der Waals surface area contributed by atoms with E-state index < -0.39 is 56.4 Å². The van der Waals surface area contributed by atoms with Crippen LogP contribution in [0, 0.1) is 5.92 Å². The summed E-state index contributed by atoms with van der Waals surface area (Å²) >= 11 is 0. The quantitative estimate of drug-likeness (QED) is 0.0679. The number of aliphatic hydroxyl groups excluding tert-OH is 5. The highest BCUT2D eigenvalue weighted by atomic mass is 28.3. The summed E-state index contributed by atoms with van der Waals surface area (Å²) in [7, 11) is -0.920. The Morgan fingerprint density at radius 2 is 1.71 bits per heavy atom. The van der Waals surface area contributed by atoms with E-state index in [1.165, 1.54) is 5.57 Å². The van der Waals surface area contributed by atoms with E-state index in [0.29, 0.717) is 36.5 Å². The van der Waals surface area contributed by atoms with Crippen LogP contribution in [0.2, 0.25) is 18.6 Å². The predicted octanol–water partition coefficient (Wildman–Crippen LogP) is 4.49. The number of anilines is 2. The third kappa shape index (κ3) is 9.49. The molecule has 4 heterocycles. The fourth-order valence-corrected chi connectivity index (χ4v) is 14.0. The topological polar surface area (TPSA) is 209 Å². The number of nitrogens with zero attached hydrogens (tertiary/aromatic N) is 4. The summed E-state index contributed by atoms with van der Waals surface area (Å²) in [6, 6.07) is 23.0. The van der Waals surface area contributed by atoms with E-state index in [2.05, 4.69) is 80.7 Å². The smallest absolute Gasteiger partial charge is 0.264 e. The van der Waals surface area contributed by atoms with Crippen molar-refractivity contribution in [2.45, 2.75) is 120 Å². The number of aromatic nitrogens is 3. The van der Waals surface area contributed by atoms with Crippen LogP contribution in [0.3, 0.4) is 0 Å². The zero-order valence-corrected chi connectivity index (χ0v) is 39.2. The second kappa shape index (κ2) is 19.8. The zero-order valence-electron chi connectivity index (χ0n) is 38.2. The van der Waals surface area contributed by atoms with Crippen molar-refractivity contribution in [2.24, 2.45) is 5.92 Å². The Balaban J connectivity index is 1.27. The second-order valence-corrected chi connectivity index (χ2v) is 23.1. The largest absolute Gasteiger partial charge is 0.497 e. The lowest BCUT2D eigenvalue weighted by molar-refractivity contribution is -0.274. The molecule has 10 atom stereocenters. The molecule has 4 aromatic rings. The molecular formula is C49H63N5O10Si. The van der Waals surface area contributed by atoms with Gasteiger partial charge in [-0.25, -0.2) is 0 Å². The number of benzene rings is 3. The average molecular weight is 910 g/mol. The van der Waals surface area contributed by atoms with E-state index >= 15 is 4.79 Å². The van der Waals surface area contributed by atoms with Crippen molar-refractivity contribution >= 4 is 36.4 Å². The lowest BCUT2D eigenvalue weighted by atomic mass is 9.82. The first-order valence-electron chi connectivity index (χ1n) is 22.3. The first-order chi connectivity index (χ1) is 31.0. The summed E-state index contributed by atoms with van der Waals surface area (Å²) in [5, 5.41) is 64.4. The van der Waals surface area contributed by atoms with Gasteiger partial charge in [0.2, 0.25) is 0 Å². The van der Waals surface area contributed by atoms with Crippen molar-refractivity contribution in [3.63, 3.8) is 0 Å². The van der Waals surface area contributed by atoms with Crippen LogP contribution < -0.4 is 20.1 Å². The molecule has 1 unspecified atom stereocenters. The first-order valence-corrected chi connectivity index (χ1v) is 25.4. The third-order valence-electron chi connectivity index (χ3n) is 13.6. The number of amides is 2.